The summed E-state index contributed by atoms with van der Waals surface area (Å²) in [4.78, 5) is 14.4. The van der Waals surface area contributed by atoms with E-state index >= 15 is 0 Å². The fourth-order valence-electron chi connectivity index (χ4n) is 5.05. The summed E-state index contributed by atoms with van der Waals surface area (Å²) in [6, 6.07) is 7.35. The molecule has 1 aliphatic carbocycles. The number of amides is 1. The highest BCUT2D eigenvalue weighted by Gasteiger charge is 2.39. The molecule has 4 rings (SSSR count). The molecule has 4 heteroatoms. The molecule has 1 aromatic carbocycles. The molecule has 1 fully saturated rings. The maximum atomic E-state index is 11.8. The number of likely N-dealkylation sites (tertiary alicyclic amines) is 1. The molecule has 0 radical (unpaired) electrons. The van der Waals surface area contributed by atoms with Crippen molar-refractivity contribution in [2.24, 2.45) is 13.0 Å². The number of fused-ring (bicyclic) bond motifs is 2. The molecule has 3 atom stereocenters. The normalized spacial score (nSPS) is 25.8. The van der Waals surface area contributed by atoms with Gasteiger partial charge in [-0.1, -0.05) is 19.1 Å². The van der Waals surface area contributed by atoms with Crippen LogP contribution in [0.25, 0.3) is 10.9 Å². The summed E-state index contributed by atoms with van der Waals surface area (Å²) in [6.45, 7) is 3.94. The summed E-state index contributed by atoms with van der Waals surface area (Å²) in [5.41, 5.74) is 4.36. The van der Waals surface area contributed by atoms with Gasteiger partial charge in [0, 0.05) is 55.6 Å². The largest absolute Gasteiger partial charge is 0.356 e. The number of nitrogens with zero attached hydrogens (tertiary/aromatic N) is 2. The third kappa shape index (κ3) is 2.86. The van der Waals surface area contributed by atoms with Crippen LogP contribution >= 0.6 is 0 Å². The van der Waals surface area contributed by atoms with Crippen molar-refractivity contribution in [3.8, 4) is 0 Å². The van der Waals surface area contributed by atoms with Crippen LogP contribution in [0.4, 0.5) is 0 Å². The van der Waals surface area contributed by atoms with E-state index in [4.69, 9.17) is 0 Å². The molecule has 2 heterocycles. The van der Waals surface area contributed by atoms with Gasteiger partial charge in [-0.05, 0) is 49.4 Å². The van der Waals surface area contributed by atoms with Gasteiger partial charge in [-0.2, -0.15) is 0 Å². The molecule has 1 aromatic heterocycles. The summed E-state index contributed by atoms with van der Waals surface area (Å²) in [7, 11) is 4.41. The summed E-state index contributed by atoms with van der Waals surface area (Å²) < 4.78 is 2.27. The predicted molar refractivity (Wildman–Crippen MR) is 102 cm³/mol. The average Bonchev–Trinajstić information content (AvgIpc) is 2.92. The van der Waals surface area contributed by atoms with Crippen LogP contribution in [0, 0.1) is 5.92 Å². The van der Waals surface area contributed by atoms with Gasteiger partial charge in [-0.25, -0.2) is 0 Å². The van der Waals surface area contributed by atoms with E-state index in [2.05, 4.69) is 60.2 Å². The Morgan fingerprint density at radius 1 is 1.32 bits per heavy atom. The van der Waals surface area contributed by atoms with E-state index in [-0.39, 0.29) is 5.91 Å². The number of benzene rings is 1. The minimum atomic E-state index is 0.198. The van der Waals surface area contributed by atoms with E-state index < -0.39 is 0 Å². The van der Waals surface area contributed by atoms with Crippen LogP contribution in [0.1, 0.15) is 43.2 Å². The Labute approximate surface area is 150 Å². The van der Waals surface area contributed by atoms with E-state index in [1.54, 1.807) is 0 Å². The highest BCUT2D eigenvalue weighted by molar-refractivity contribution is 5.89. The molecule has 1 saturated heterocycles. The van der Waals surface area contributed by atoms with Gasteiger partial charge in [0.25, 0.3) is 0 Å². The quantitative estimate of drug-likeness (QED) is 0.929. The molecule has 2 aliphatic rings. The monoisotopic (exact) mass is 339 g/mol. The Bertz CT molecular complexity index is 794. The topological polar surface area (TPSA) is 37.3 Å². The summed E-state index contributed by atoms with van der Waals surface area (Å²) in [5, 5.41) is 4.63. The van der Waals surface area contributed by atoms with Gasteiger partial charge in [0.05, 0.1) is 0 Å². The van der Waals surface area contributed by atoms with Crippen molar-refractivity contribution in [2.45, 2.75) is 44.6 Å². The molecule has 0 bridgehead atoms. The molecule has 0 saturated carbocycles. The van der Waals surface area contributed by atoms with Gasteiger partial charge in [0.15, 0.2) is 0 Å². The summed E-state index contributed by atoms with van der Waals surface area (Å²) >= 11 is 0. The molecular formula is C21H29N3O. The maximum Gasteiger partial charge on any atom is 0.219 e. The standard InChI is InChI=1S/C21H29N3O/c1-4-6-20(25)22-11-14-9-17-16-7-5-8-18-21(16)15(13-24(18)3)10-19(17)23(2)12-14/h5,7-8,13-14,17,19H,4,6,9-12H2,1-3H3,(H,22,25)/t14-,17+,19+/m0/s1. The number of aromatic nitrogens is 1. The second kappa shape index (κ2) is 6.49. The van der Waals surface area contributed by atoms with Gasteiger partial charge in [0.2, 0.25) is 5.91 Å². The number of piperidine rings is 1. The highest BCUT2D eigenvalue weighted by atomic mass is 16.1. The van der Waals surface area contributed by atoms with Crippen molar-refractivity contribution >= 4 is 16.8 Å². The molecule has 25 heavy (non-hydrogen) atoms. The number of carbonyl (C=O) groups is 1. The number of likely N-dealkylation sites (N-methyl/N-ethyl adjacent to an activating group) is 1. The number of hydrogen-bond donors (Lipinski definition) is 1. The van der Waals surface area contributed by atoms with Crippen molar-refractivity contribution in [1.82, 2.24) is 14.8 Å². The van der Waals surface area contributed by atoms with Crippen LogP contribution < -0.4 is 5.32 Å². The van der Waals surface area contributed by atoms with E-state index in [1.165, 1.54) is 28.5 Å². The molecule has 2 aromatic rings. The van der Waals surface area contributed by atoms with Gasteiger partial charge >= 0.3 is 0 Å². The van der Waals surface area contributed by atoms with Crippen LogP contribution in [0.2, 0.25) is 0 Å². The van der Waals surface area contributed by atoms with Gasteiger partial charge in [0.1, 0.15) is 0 Å². The molecule has 0 spiro atoms. The Balaban J connectivity index is 1.59. The van der Waals surface area contributed by atoms with E-state index in [9.17, 15) is 4.79 Å². The minimum Gasteiger partial charge on any atom is -0.356 e. The molecule has 1 amide bonds. The summed E-state index contributed by atoms with van der Waals surface area (Å²) in [6.07, 6.45) is 6.19. The zero-order valence-corrected chi connectivity index (χ0v) is 15.6. The van der Waals surface area contributed by atoms with Gasteiger partial charge in [-0.15, -0.1) is 0 Å². The van der Waals surface area contributed by atoms with Crippen molar-refractivity contribution in [3.05, 3.63) is 35.5 Å². The number of carbonyl (C=O) groups excluding carboxylic acids is 1. The van der Waals surface area contributed by atoms with Crippen molar-refractivity contribution in [2.75, 3.05) is 20.1 Å². The number of rotatable bonds is 4. The third-order valence-electron chi connectivity index (χ3n) is 6.18. The first-order valence-corrected chi connectivity index (χ1v) is 9.62. The fourth-order valence-corrected chi connectivity index (χ4v) is 5.05. The molecule has 1 aliphatic heterocycles. The second-order valence-electron chi connectivity index (χ2n) is 7.98. The van der Waals surface area contributed by atoms with E-state index in [1.807, 2.05) is 0 Å². The van der Waals surface area contributed by atoms with E-state index in [0.717, 1.165) is 25.9 Å². The lowest BCUT2D eigenvalue weighted by Crippen LogP contribution is -2.50. The van der Waals surface area contributed by atoms with Crippen molar-refractivity contribution < 1.29 is 4.79 Å². The lowest BCUT2D eigenvalue weighted by atomic mass is 9.72. The molecule has 134 valence electrons. The number of hydrogen-bond acceptors (Lipinski definition) is 2. The van der Waals surface area contributed by atoms with Gasteiger partial charge < -0.3 is 14.8 Å². The highest BCUT2D eigenvalue weighted by Crippen LogP contribution is 2.44. The number of aryl methyl sites for hydroxylation is 1. The van der Waals surface area contributed by atoms with E-state index in [0.29, 0.717) is 24.3 Å². The first-order chi connectivity index (χ1) is 12.1. The Kier molecular flexibility index (Phi) is 4.32. The third-order valence-corrected chi connectivity index (χ3v) is 6.18. The summed E-state index contributed by atoms with van der Waals surface area (Å²) in [5.74, 6) is 1.31. The van der Waals surface area contributed by atoms with Crippen molar-refractivity contribution in [1.29, 1.82) is 0 Å². The zero-order valence-electron chi connectivity index (χ0n) is 15.6. The van der Waals surface area contributed by atoms with Crippen molar-refractivity contribution in [3.63, 3.8) is 0 Å². The van der Waals surface area contributed by atoms with Gasteiger partial charge in [-0.3, -0.25) is 4.79 Å². The van der Waals surface area contributed by atoms with Crippen LogP contribution in [0.5, 0.6) is 0 Å². The van der Waals surface area contributed by atoms with Crippen LogP contribution in [-0.4, -0.2) is 41.6 Å². The predicted octanol–water partition coefficient (Wildman–Crippen LogP) is 3.05. The fraction of sp³-hybridized carbons (Fsp3) is 0.571. The zero-order chi connectivity index (χ0) is 17.6. The molecule has 4 nitrogen and oxygen atoms in total. The average molecular weight is 339 g/mol. The first kappa shape index (κ1) is 16.6. The smallest absolute Gasteiger partial charge is 0.219 e. The molecule has 0 unspecified atom stereocenters. The molecule has 1 N–H and O–H groups in total. The minimum absolute atomic E-state index is 0.198. The Hall–Kier alpha value is -1.81. The Morgan fingerprint density at radius 2 is 2.16 bits per heavy atom. The van der Waals surface area contributed by atoms with Crippen LogP contribution in [0.15, 0.2) is 24.4 Å². The first-order valence-electron chi connectivity index (χ1n) is 9.62. The maximum absolute atomic E-state index is 11.8. The molecular weight excluding hydrogens is 310 g/mol. The van der Waals surface area contributed by atoms with Crippen LogP contribution in [0.3, 0.4) is 0 Å². The SMILES string of the molecule is CCCC(=O)NC[C@@H]1C[C@@H]2c3cccc4c3c(cn4C)C[C@H]2N(C)C1. The van der Waals surface area contributed by atoms with Crippen LogP contribution in [-0.2, 0) is 18.3 Å². The lowest BCUT2D eigenvalue weighted by molar-refractivity contribution is -0.121. The second-order valence-corrected chi connectivity index (χ2v) is 7.98. The number of nitrogens with one attached hydrogen (secondary N) is 1. The lowest BCUT2D eigenvalue weighted by Gasteiger charge is -2.45. The Morgan fingerprint density at radius 3 is 2.96 bits per heavy atom.